The van der Waals surface area contributed by atoms with Gasteiger partial charge in [-0.05, 0) is 24.3 Å². The fourth-order valence-electron chi connectivity index (χ4n) is 2.42. The Kier molecular flexibility index (Phi) is 2.56. The second kappa shape index (κ2) is 4.45. The van der Waals surface area contributed by atoms with Crippen LogP contribution in [0.2, 0.25) is 0 Å². The summed E-state index contributed by atoms with van der Waals surface area (Å²) in [5, 5.41) is 3.50. The molecule has 7 heteroatoms. The van der Waals surface area contributed by atoms with E-state index in [0.29, 0.717) is 16.7 Å². The van der Waals surface area contributed by atoms with Crippen molar-refractivity contribution in [1.29, 1.82) is 0 Å². The van der Waals surface area contributed by atoms with Crippen LogP contribution >= 0.6 is 0 Å². The van der Waals surface area contributed by atoms with Gasteiger partial charge in [0.2, 0.25) is 0 Å². The van der Waals surface area contributed by atoms with Crippen molar-refractivity contribution in [1.82, 2.24) is 19.7 Å². The Balaban J connectivity index is 2.12. The fourth-order valence-corrected chi connectivity index (χ4v) is 2.42. The number of pyridine rings is 2. The third kappa shape index (κ3) is 1.65. The van der Waals surface area contributed by atoms with E-state index in [-0.39, 0.29) is 16.5 Å². The zero-order valence-corrected chi connectivity index (χ0v) is 11.0. The van der Waals surface area contributed by atoms with E-state index in [1.54, 1.807) is 24.4 Å². The van der Waals surface area contributed by atoms with Gasteiger partial charge in [-0.25, -0.2) is 18.4 Å². The third-order valence-corrected chi connectivity index (χ3v) is 3.47. The number of hydrogen-bond donors (Lipinski definition) is 1. The lowest BCUT2D eigenvalue weighted by Crippen LogP contribution is -2.15. The molecule has 4 rings (SSSR count). The quantitative estimate of drug-likeness (QED) is 0.587. The van der Waals surface area contributed by atoms with Crippen LogP contribution in [0.3, 0.4) is 0 Å². The Labute approximate surface area is 121 Å². The van der Waals surface area contributed by atoms with Gasteiger partial charge in [0.05, 0.1) is 10.9 Å². The van der Waals surface area contributed by atoms with Crippen LogP contribution in [0.25, 0.3) is 27.6 Å². The van der Waals surface area contributed by atoms with Gasteiger partial charge in [-0.3, -0.25) is 14.9 Å². The number of rotatable bonds is 1. The molecule has 0 saturated carbocycles. The summed E-state index contributed by atoms with van der Waals surface area (Å²) < 4.78 is 28.3. The van der Waals surface area contributed by atoms with Crippen molar-refractivity contribution < 1.29 is 8.78 Å². The Hall–Kier alpha value is -3.09. The van der Waals surface area contributed by atoms with Crippen LogP contribution in [0.1, 0.15) is 0 Å². The van der Waals surface area contributed by atoms with E-state index < -0.39 is 11.6 Å². The predicted molar refractivity (Wildman–Crippen MR) is 76.9 cm³/mol. The van der Waals surface area contributed by atoms with E-state index in [9.17, 15) is 13.6 Å². The van der Waals surface area contributed by atoms with Gasteiger partial charge < -0.3 is 0 Å². The van der Waals surface area contributed by atoms with Crippen molar-refractivity contribution in [3.8, 4) is 5.82 Å². The molecule has 4 aromatic rings. The molecular formula is C15H8F2N4O. The molecule has 108 valence electrons. The highest BCUT2D eigenvalue weighted by Gasteiger charge is 2.16. The predicted octanol–water partition coefficient (Wildman–Crippen LogP) is 2.54. The van der Waals surface area contributed by atoms with Gasteiger partial charge >= 0.3 is 0 Å². The van der Waals surface area contributed by atoms with E-state index in [1.807, 2.05) is 0 Å². The molecule has 0 saturated heterocycles. The number of nitrogens with one attached hydrogen (secondary N) is 1. The normalized spacial score (nSPS) is 11.4. The summed E-state index contributed by atoms with van der Waals surface area (Å²) in [7, 11) is 0. The number of benzene rings is 1. The van der Waals surface area contributed by atoms with Crippen molar-refractivity contribution in [3.05, 3.63) is 64.7 Å². The fraction of sp³-hybridized carbons (Fsp3) is 0. The maximum absolute atomic E-state index is 13.8. The van der Waals surface area contributed by atoms with E-state index in [0.717, 1.165) is 6.07 Å². The second-order valence-corrected chi connectivity index (χ2v) is 4.74. The SMILES string of the molecule is O=c1c2cnc3c(F)c(F)ccc3c2[nH]n1-c1ccccn1. The third-order valence-electron chi connectivity index (χ3n) is 3.47. The molecule has 22 heavy (non-hydrogen) atoms. The van der Waals surface area contributed by atoms with E-state index in [4.69, 9.17) is 0 Å². The maximum Gasteiger partial charge on any atom is 0.282 e. The molecule has 0 radical (unpaired) electrons. The number of H-pyrrole nitrogens is 1. The lowest BCUT2D eigenvalue weighted by molar-refractivity contribution is 0.515. The Morgan fingerprint density at radius 3 is 2.68 bits per heavy atom. The van der Waals surface area contributed by atoms with Crippen molar-refractivity contribution in [2.24, 2.45) is 0 Å². The molecule has 1 N–H and O–H groups in total. The number of aromatic amines is 1. The summed E-state index contributed by atoms with van der Waals surface area (Å²) in [5.74, 6) is -1.61. The highest BCUT2D eigenvalue weighted by Crippen LogP contribution is 2.24. The highest BCUT2D eigenvalue weighted by molar-refractivity contribution is 6.02. The van der Waals surface area contributed by atoms with Gasteiger partial charge in [-0.1, -0.05) is 6.07 Å². The molecule has 0 atom stereocenters. The molecule has 0 aliphatic heterocycles. The summed E-state index contributed by atoms with van der Waals surface area (Å²) in [4.78, 5) is 20.4. The van der Waals surface area contributed by atoms with Gasteiger partial charge in [0, 0.05) is 17.8 Å². The van der Waals surface area contributed by atoms with E-state index in [1.165, 1.54) is 16.9 Å². The molecule has 0 spiro atoms. The van der Waals surface area contributed by atoms with Crippen LogP contribution < -0.4 is 5.56 Å². The summed E-state index contributed by atoms with van der Waals surface area (Å²) in [6, 6.07) is 7.53. The maximum atomic E-state index is 13.8. The Morgan fingerprint density at radius 1 is 1.05 bits per heavy atom. The largest absolute Gasteiger partial charge is 0.288 e. The lowest BCUT2D eigenvalue weighted by atomic mass is 10.1. The van der Waals surface area contributed by atoms with Crippen LogP contribution in [-0.4, -0.2) is 19.7 Å². The van der Waals surface area contributed by atoms with E-state index in [2.05, 4.69) is 15.1 Å². The summed E-state index contributed by atoms with van der Waals surface area (Å²) in [6.07, 6.45) is 2.79. The summed E-state index contributed by atoms with van der Waals surface area (Å²) in [6.45, 7) is 0. The molecule has 3 aromatic heterocycles. The smallest absolute Gasteiger partial charge is 0.282 e. The van der Waals surface area contributed by atoms with Crippen LogP contribution in [-0.2, 0) is 0 Å². The number of fused-ring (bicyclic) bond motifs is 3. The van der Waals surface area contributed by atoms with Crippen molar-refractivity contribution in [3.63, 3.8) is 0 Å². The van der Waals surface area contributed by atoms with Crippen molar-refractivity contribution in [2.45, 2.75) is 0 Å². The average molecular weight is 298 g/mol. The first-order valence-electron chi connectivity index (χ1n) is 6.45. The minimum Gasteiger partial charge on any atom is -0.288 e. The van der Waals surface area contributed by atoms with Gasteiger partial charge in [-0.2, -0.15) is 0 Å². The molecule has 0 bridgehead atoms. The number of aromatic nitrogens is 4. The molecular weight excluding hydrogens is 290 g/mol. The van der Waals surface area contributed by atoms with Crippen LogP contribution in [0.4, 0.5) is 8.78 Å². The van der Waals surface area contributed by atoms with Crippen LogP contribution in [0.15, 0.2) is 47.5 Å². The van der Waals surface area contributed by atoms with Gasteiger partial charge in [-0.15, -0.1) is 0 Å². The first-order valence-corrected chi connectivity index (χ1v) is 6.45. The van der Waals surface area contributed by atoms with Gasteiger partial charge in [0.15, 0.2) is 17.5 Å². The minimum atomic E-state index is -1.04. The molecule has 3 heterocycles. The first-order chi connectivity index (χ1) is 10.7. The van der Waals surface area contributed by atoms with Crippen molar-refractivity contribution >= 4 is 21.8 Å². The average Bonchev–Trinajstić information content (AvgIpc) is 2.89. The molecule has 5 nitrogen and oxygen atoms in total. The summed E-state index contributed by atoms with van der Waals surface area (Å²) in [5.41, 5.74) is -0.0886. The Bertz CT molecular complexity index is 1070. The zero-order chi connectivity index (χ0) is 15.3. The number of hydrogen-bond acceptors (Lipinski definition) is 3. The van der Waals surface area contributed by atoms with Gasteiger partial charge in [0.1, 0.15) is 5.52 Å². The number of halogens is 2. The molecule has 0 unspecified atom stereocenters. The standard InChI is InChI=1S/C15H8F2N4O/c16-10-5-4-8-13-9(7-19-14(8)12(10)17)15(22)21(20-13)11-3-1-2-6-18-11/h1-7,20H. The lowest BCUT2D eigenvalue weighted by Gasteiger charge is -2.00. The van der Waals surface area contributed by atoms with Crippen LogP contribution in [0.5, 0.6) is 0 Å². The monoisotopic (exact) mass is 298 g/mol. The topological polar surface area (TPSA) is 63.6 Å². The molecule has 1 aromatic carbocycles. The molecule has 0 aliphatic carbocycles. The first kappa shape index (κ1) is 12.6. The molecule has 0 amide bonds. The van der Waals surface area contributed by atoms with E-state index >= 15 is 0 Å². The van der Waals surface area contributed by atoms with Crippen molar-refractivity contribution in [2.75, 3.05) is 0 Å². The molecule has 0 fully saturated rings. The number of nitrogens with zero attached hydrogens (tertiary/aromatic N) is 3. The summed E-state index contributed by atoms with van der Waals surface area (Å²) >= 11 is 0. The Morgan fingerprint density at radius 2 is 1.91 bits per heavy atom. The van der Waals surface area contributed by atoms with Gasteiger partial charge in [0.25, 0.3) is 5.56 Å². The zero-order valence-electron chi connectivity index (χ0n) is 11.0. The van der Waals surface area contributed by atoms with Crippen LogP contribution in [0, 0.1) is 11.6 Å². The molecule has 0 aliphatic rings. The second-order valence-electron chi connectivity index (χ2n) is 4.74. The minimum absolute atomic E-state index is 0.123. The highest BCUT2D eigenvalue weighted by atomic mass is 19.2.